The number of ether oxygens (including phenoxy) is 1. The summed E-state index contributed by atoms with van der Waals surface area (Å²) in [4.78, 5) is 42.8. The van der Waals surface area contributed by atoms with Gasteiger partial charge in [-0.15, -0.1) is 21.5 Å². The summed E-state index contributed by atoms with van der Waals surface area (Å²) in [6, 6.07) is 19.9. The second-order valence-corrected chi connectivity index (χ2v) is 11.9. The van der Waals surface area contributed by atoms with Crippen LogP contribution in [-0.2, 0) is 16.1 Å². The molecule has 0 radical (unpaired) electrons. The normalized spacial score (nSPS) is 11.2. The molecule has 0 spiro atoms. The molecular weight excluding hydrogens is 585 g/mol. The van der Waals surface area contributed by atoms with Gasteiger partial charge in [0.1, 0.15) is 5.00 Å². The average Bonchev–Trinajstić information content (AvgIpc) is 3.55. The molecule has 0 saturated carbocycles. The summed E-state index contributed by atoms with van der Waals surface area (Å²) < 4.78 is 7.30. The van der Waals surface area contributed by atoms with E-state index in [2.05, 4.69) is 15.5 Å². The molecular formula is C31H30N6O4S2. The van der Waals surface area contributed by atoms with Crippen LogP contribution in [-0.4, -0.2) is 49.4 Å². The van der Waals surface area contributed by atoms with Crippen LogP contribution >= 0.6 is 23.1 Å². The van der Waals surface area contributed by atoms with Crippen molar-refractivity contribution in [2.45, 2.75) is 45.5 Å². The minimum atomic E-state index is -0.682. The number of para-hydroxylation sites is 1. The standard InChI is InChI=1S/C31H30N6O4S2/c1-5-37-28(21-15-23(19-11-7-6-8-12-19)33-22-14-10-9-13-20(21)22)35-36-31(37)42-16-24(38)34-29-25(30(40)41-17(2)3)18(4)26(43-29)27(32)39/h6-15,17H,5,16H2,1-4H3,(H2,32,39)(H,34,38). The summed E-state index contributed by atoms with van der Waals surface area (Å²) in [6.07, 6.45) is -0.376. The number of primary amides is 1. The third-order valence-corrected chi connectivity index (χ3v) is 8.75. The van der Waals surface area contributed by atoms with Crippen molar-refractivity contribution in [3.63, 3.8) is 0 Å². The second kappa shape index (κ2) is 12.8. The molecule has 0 saturated heterocycles. The van der Waals surface area contributed by atoms with Gasteiger partial charge in [-0.25, -0.2) is 9.78 Å². The molecule has 220 valence electrons. The molecule has 0 aliphatic carbocycles. The number of carbonyl (C=O) groups is 3. The van der Waals surface area contributed by atoms with E-state index in [1.54, 1.807) is 20.8 Å². The van der Waals surface area contributed by atoms with Gasteiger partial charge in [-0.3, -0.25) is 9.59 Å². The fourth-order valence-electron chi connectivity index (χ4n) is 4.65. The van der Waals surface area contributed by atoms with Crippen molar-refractivity contribution in [3.8, 4) is 22.6 Å². The van der Waals surface area contributed by atoms with Gasteiger partial charge in [-0.2, -0.15) is 0 Å². The number of nitrogens with one attached hydrogen (secondary N) is 1. The number of aromatic nitrogens is 4. The second-order valence-electron chi connectivity index (χ2n) is 9.90. The summed E-state index contributed by atoms with van der Waals surface area (Å²) in [5.74, 6) is -1.03. The molecule has 12 heteroatoms. The Bertz CT molecular complexity index is 1830. The topological polar surface area (TPSA) is 142 Å². The van der Waals surface area contributed by atoms with Crippen molar-refractivity contribution in [2.24, 2.45) is 5.73 Å². The molecule has 2 amide bonds. The van der Waals surface area contributed by atoms with E-state index < -0.39 is 11.9 Å². The zero-order valence-electron chi connectivity index (χ0n) is 24.1. The molecule has 0 aliphatic heterocycles. The van der Waals surface area contributed by atoms with Crippen molar-refractivity contribution in [3.05, 3.63) is 76.7 Å². The molecule has 3 heterocycles. The minimum absolute atomic E-state index is 0.00792. The predicted octanol–water partition coefficient (Wildman–Crippen LogP) is 5.95. The summed E-state index contributed by atoms with van der Waals surface area (Å²) >= 11 is 2.17. The Morgan fingerprint density at radius 2 is 1.79 bits per heavy atom. The number of amides is 2. The third-order valence-electron chi connectivity index (χ3n) is 6.56. The number of anilines is 1. The van der Waals surface area contributed by atoms with E-state index in [4.69, 9.17) is 15.5 Å². The molecule has 2 aromatic carbocycles. The summed E-state index contributed by atoms with van der Waals surface area (Å²) in [5, 5.41) is 13.4. The number of thiophene rings is 1. The molecule has 10 nitrogen and oxygen atoms in total. The maximum atomic E-state index is 13.1. The van der Waals surface area contributed by atoms with E-state index in [-0.39, 0.29) is 33.2 Å². The third kappa shape index (κ3) is 6.30. The first-order valence-electron chi connectivity index (χ1n) is 13.6. The van der Waals surface area contributed by atoms with Crippen LogP contribution in [0, 0.1) is 6.92 Å². The van der Waals surface area contributed by atoms with E-state index in [0.29, 0.717) is 23.1 Å². The van der Waals surface area contributed by atoms with Crippen molar-refractivity contribution in [1.82, 2.24) is 19.7 Å². The number of esters is 1. The highest BCUT2D eigenvalue weighted by Crippen LogP contribution is 2.35. The van der Waals surface area contributed by atoms with Crippen LogP contribution in [0.1, 0.15) is 46.4 Å². The predicted molar refractivity (Wildman–Crippen MR) is 169 cm³/mol. The van der Waals surface area contributed by atoms with E-state index in [1.807, 2.05) is 72.2 Å². The highest BCUT2D eigenvalue weighted by Gasteiger charge is 2.27. The number of fused-ring (bicyclic) bond motifs is 1. The number of hydrogen-bond donors (Lipinski definition) is 2. The molecule has 0 unspecified atom stereocenters. The van der Waals surface area contributed by atoms with E-state index in [0.717, 1.165) is 39.1 Å². The van der Waals surface area contributed by atoms with Crippen LogP contribution in [0.3, 0.4) is 0 Å². The Hall–Kier alpha value is -4.55. The minimum Gasteiger partial charge on any atom is -0.459 e. The number of pyridine rings is 1. The van der Waals surface area contributed by atoms with Gasteiger partial charge in [0.05, 0.1) is 33.5 Å². The van der Waals surface area contributed by atoms with Crippen molar-refractivity contribution >= 4 is 56.8 Å². The molecule has 3 aromatic heterocycles. The first kappa shape index (κ1) is 29.9. The number of benzene rings is 2. The zero-order valence-corrected chi connectivity index (χ0v) is 25.7. The van der Waals surface area contributed by atoms with E-state index in [1.165, 1.54) is 11.8 Å². The first-order valence-corrected chi connectivity index (χ1v) is 15.4. The number of nitrogens with two attached hydrogens (primary N) is 1. The molecule has 3 N–H and O–H groups in total. The lowest BCUT2D eigenvalue weighted by Crippen LogP contribution is -2.18. The molecule has 0 bridgehead atoms. The van der Waals surface area contributed by atoms with E-state index in [9.17, 15) is 14.4 Å². The van der Waals surface area contributed by atoms with Crippen LogP contribution < -0.4 is 11.1 Å². The van der Waals surface area contributed by atoms with Crippen molar-refractivity contribution in [2.75, 3.05) is 11.1 Å². The molecule has 5 rings (SSSR count). The van der Waals surface area contributed by atoms with Crippen molar-refractivity contribution < 1.29 is 19.1 Å². The fourth-order valence-corrected chi connectivity index (χ4v) is 6.51. The smallest absolute Gasteiger partial charge is 0.341 e. The largest absolute Gasteiger partial charge is 0.459 e. The summed E-state index contributed by atoms with van der Waals surface area (Å²) in [5.41, 5.74) is 9.54. The maximum absolute atomic E-state index is 13.1. The lowest BCUT2D eigenvalue weighted by molar-refractivity contribution is -0.113. The number of hydrogen-bond acceptors (Lipinski definition) is 9. The van der Waals surface area contributed by atoms with Crippen LogP contribution in [0.15, 0.2) is 65.8 Å². The summed E-state index contributed by atoms with van der Waals surface area (Å²) in [7, 11) is 0. The number of thioether (sulfide) groups is 1. The Labute approximate surface area is 256 Å². The quantitative estimate of drug-likeness (QED) is 0.145. The van der Waals surface area contributed by atoms with Gasteiger partial charge in [0, 0.05) is 23.1 Å². The molecule has 5 aromatic rings. The zero-order chi connectivity index (χ0) is 30.7. The fraction of sp³-hybridized carbons (Fsp3) is 0.226. The maximum Gasteiger partial charge on any atom is 0.341 e. The van der Waals surface area contributed by atoms with Gasteiger partial charge in [0.25, 0.3) is 5.91 Å². The van der Waals surface area contributed by atoms with Crippen molar-refractivity contribution in [1.29, 1.82) is 0 Å². The van der Waals surface area contributed by atoms with Gasteiger partial charge >= 0.3 is 5.97 Å². The molecule has 43 heavy (non-hydrogen) atoms. The van der Waals surface area contributed by atoms with Gasteiger partial charge in [0.2, 0.25) is 5.91 Å². The van der Waals surface area contributed by atoms with Crippen LogP contribution in [0.5, 0.6) is 0 Å². The van der Waals surface area contributed by atoms with Gasteiger partial charge in [0.15, 0.2) is 11.0 Å². The lowest BCUT2D eigenvalue weighted by atomic mass is 10.0. The Morgan fingerprint density at radius 3 is 2.49 bits per heavy atom. The Kier molecular flexibility index (Phi) is 8.88. The highest BCUT2D eigenvalue weighted by molar-refractivity contribution is 7.99. The highest BCUT2D eigenvalue weighted by atomic mass is 32.2. The molecule has 0 atom stereocenters. The monoisotopic (exact) mass is 614 g/mol. The van der Waals surface area contributed by atoms with Gasteiger partial charge < -0.3 is 20.4 Å². The average molecular weight is 615 g/mol. The van der Waals surface area contributed by atoms with Crippen LogP contribution in [0.25, 0.3) is 33.5 Å². The molecule has 0 fully saturated rings. The van der Waals surface area contributed by atoms with Gasteiger partial charge in [-0.1, -0.05) is 60.3 Å². The molecule has 0 aliphatic rings. The van der Waals surface area contributed by atoms with Gasteiger partial charge in [-0.05, 0) is 45.4 Å². The lowest BCUT2D eigenvalue weighted by Gasteiger charge is -2.12. The number of nitrogens with zero attached hydrogens (tertiary/aromatic N) is 4. The SMILES string of the molecule is CCn1c(SCC(=O)Nc2sc(C(N)=O)c(C)c2C(=O)OC(C)C)nnc1-c1cc(-c2ccccc2)nc2ccccc12. The Balaban J connectivity index is 1.41. The number of rotatable bonds is 10. The first-order chi connectivity index (χ1) is 20.7. The number of carbonyl (C=O) groups excluding carboxylic acids is 3. The van der Waals surface area contributed by atoms with Crippen LogP contribution in [0.2, 0.25) is 0 Å². The Morgan fingerprint density at radius 1 is 1.07 bits per heavy atom. The van der Waals surface area contributed by atoms with Crippen LogP contribution in [0.4, 0.5) is 5.00 Å². The summed E-state index contributed by atoms with van der Waals surface area (Å²) in [6.45, 7) is 7.61. The van der Waals surface area contributed by atoms with E-state index >= 15 is 0 Å².